The molecule has 0 radical (unpaired) electrons. The topological polar surface area (TPSA) is 44.5 Å². The maximum Gasteiger partial charge on any atom is 0.127 e. The van der Waals surface area contributed by atoms with E-state index in [1.807, 2.05) is 72.8 Å². The summed E-state index contributed by atoms with van der Waals surface area (Å²) in [4.78, 5) is 0. The monoisotopic (exact) mass is 381 g/mol. The second-order valence-corrected chi connectivity index (χ2v) is 7.05. The van der Waals surface area contributed by atoms with Crippen molar-refractivity contribution in [1.82, 2.24) is 0 Å². The summed E-state index contributed by atoms with van der Waals surface area (Å²) in [5, 5.41) is 0. The highest BCUT2D eigenvalue weighted by Crippen LogP contribution is 2.25. The van der Waals surface area contributed by atoms with Gasteiger partial charge in [-0.15, -0.1) is 0 Å². The first kappa shape index (κ1) is 18.6. The zero-order valence-corrected chi connectivity index (χ0v) is 16.3. The Morgan fingerprint density at radius 2 is 0.862 bits per heavy atom. The number of benzene rings is 4. The molecule has 0 fully saturated rings. The highest BCUT2D eigenvalue weighted by Gasteiger charge is 2.02. The smallest absolute Gasteiger partial charge is 0.127 e. The molecule has 29 heavy (non-hydrogen) atoms. The van der Waals surface area contributed by atoms with Gasteiger partial charge >= 0.3 is 0 Å². The normalized spacial score (nSPS) is 10.5. The minimum Gasteiger partial charge on any atom is -0.457 e. The van der Waals surface area contributed by atoms with Gasteiger partial charge in [-0.1, -0.05) is 42.0 Å². The molecule has 0 saturated heterocycles. The fourth-order valence-electron chi connectivity index (χ4n) is 3.00. The SMILES string of the molecule is Cc1ccc(Oc2ccc(Cc3ccc(Oc4ccc(N)cc4)cc3)cc2)cc1. The van der Waals surface area contributed by atoms with E-state index in [4.69, 9.17) is 15.2 Å². The van der Waals surface area contributed by atoms with Crippen LogP contribution in [-0.2, 0) is 6.42 Å². The van der Waals surface area contributed by atoms with Gasteiger partial charge in [0.05, 0.1) is 0 Å². The molecule has 144 valence electrons. The van der Waals surface area contributed by atoms with Gasteiger partial charge in [0.1, 0.15) is 23.0 Å². The number of anilines is 1. The molecule has 0 atom stereocenters. The van der Waals surface area contributed by atoms with Crippen LogP contribution in [0.4, 0.5) is 5.69 Å². The average molecular weight is 381 g/mol. The molecule has 0 bridgehead atoms. The summed E-state index contributed by atoms with van der Waals surface area (Å²) in [6, 6.07) is 31.8. The predicted molar refractivity (Wildman–Crippen MR) is 118 cm³/mol. The molecule has 4 rings (SSSR count). The van der Waals surface area contributed by atoms with Crippen LogP contribution in [0.5, 0.6) is 23.0 Å². The van der Waals surface area contributed by atoms with Crippen molar-refractivity contribution in [1.29, 1.82) is 0 Å². The van der Waals surface area contributed by atoms with Gasteiger partial charge in [-0.3, -0.25) is 0 Å². The van der Waals surface area contributed by atoms with Crippen molar-refractivity contribution >= 4 is 5.69 Å². The minimum absolute atomic E-state index is 0.725. The Morgan fingerprint density at radius 3 is 1.28 bits per heavy atom. The fourth-order valence-corrected chi connectivity index (χ4v) is 3.00. The second kappa shape index (κ2) is 8.53. The molecule has 2 N–H and O–H groups in total. The first-order valence-electron chi connectivity index (χ1n) is 9.60. The van der Waals surface area contributed by atoms with Crippen LogP contribution >= 0.6 is 0 Å². The third kappa shape index (κ3) is 5.17. The summed E-state index contributed by atoms with van der Waals surface area (Å²) in [5.74, 6) is 3.27. The molecular weight excluding hydrogens is 358 g/mol. The van der Waals surface area contributed by atoms with E-state index in [-0.39, 0.29) is 0 Å². The molecular formula is C26H23NO2. The number of ether oxygens (including phenoxy) is 2. The van der Waals surface area contributed by atoms with E-state index in [2.05, 4.69) is 31.2 Å². The standard InChI is InChI=1S/C26H23NO2/c1-19-2-10-23(11-3-19)28-24-12-4-20(5-13-24)18-21-6-14-25(15-7-21)29-26-16-8-22(27)9-17-26/h2-17H,18,27H2,1H3. The maximum atomic E-state index is 5.89. The molecule has 0 amide bonds. The lowest BCUT2D eigenvalue weighted by Gasteiger charge is -2.09. The molecule has 4 aromatic rings. The zero-order valence-electron chi connectivity index (χ0n) is 16.3. The Kier molecular flexibility index (Phi) is 5.48. The molecule has 0 aliphatic heterocycles. The molecule has 0 aliphatic rings. The quantitative estimate of drug-likeness (QED) is 0.376. The van der Waals surface area contributed by atoms with Gasteiger partial charge in [-0.2, -0.15) is 0 Å². The largest absolute Gasteiger partial charge is 0.457 e. The van der Waals surface area contributed by atoms with Crippen molar-refractivity contribution < 1.29 is 9.47 Å². The van der Waals surface area contributed by atoms with Gasteiger partial charge in [-0.25, -0.2) is 0 Å². The second-order valence-electron chi connectivity index (χ2n) is 7.05. The predicted octanol–water partition coefficient (Wildman–Crippen LogP) is 6.75. The van der Waals surface area contributed by atoms with Crippen molar-refractivity contribution in [3.05, 3.63) is 114 Å². The highest BCUT2D eigenvalue weighted by atomic mass is 16.5. The van der Waals surface area contributed by atoms with Crippen molar-refractivity contribution in [3.63, 3.8) is 0 Å². The van der Waals surface area contributed by atoms with E-state index in [0.717, 1.165) is 35.1 Å². The van der Waals surface area contributed by atoms with Gasteiger partial charge in [0.15, 0.2) is 0 Å². The molecule has 0 heterocycles. The van der Waals surface area contributed by atoms with Crippen LogP contribution in [0.25, 0.3) is 0 Å². The molecule has 0 saturated carbocycles. The summed E-state index contributed by atoms with van der Waals surface area (Å²) in [6.45, 7) is 2.06. The molecule has 0 aromatic heterocycles. The molecule has 0 unspecified atom stereocenters. The molecule has 4 aromatic carbocycles. The number of nitrogen functional groups attached to an aromatic ring is 1. The summed E-state index contributed by atoms with van der Waals surface area (Å²) in [7, 11) is 0. The van der Waals surface area contributed by atoms with Gasteiger partial charge in [0, 0.05) is 5.69 Å². The van der Waals surface area contributed by atoms with E-state index in [1.54, 1.807) is 0 Å². The Hall–Kier alpha value is -3.72. The Morgan fingerprint density at radius 1 is 0.517 bits per heavy atom. The van der Waals surface area contributed by atoms with E-state index in [9.17, 15) is 0 Å². The van der Waals surface area contributed by atoms with E-state index >= 15 is 0 Å². The van der Waals surface area contributed by atoms with Crippen LogP contribution in [0, 0.1) is 6.92 Å². The third-order valence-electron chi connectivity index (χ3n) is 4.63. The molecule has 0 spiro atoms. The summed E-state index contributed by atoms with van der Waals surface area (Å²) < 4.78 is 11.7. The fraction of sp³-hybridized carbons (Fsp3) is 0.0769. The minimum atomic E-state index is 0.725. The van der Waals surface area contributed by atoms with Crippen LogP contribution < -0.4 is 15.2 Å². The molecule has 3 nitrogen and oxygen atoms in total. The first-order chi connectivity index (χ1) is 14.1. The summed E-state index contributed by atoms with van der Waals surface area (Å²) >= 11 is 0. The number of hydrogen-bond donors (Lipinski definition) is 1. The molecule has 3 heteroatoms. The van der Waals surface area contributed by atoms with Gasteiger partial charge in [0.25, 0.3) is 0 Å². The van der Waals surface area contributed by atoms with Crippen LogP contribution in [0.3, 0.4) is 0 Å². The summed E-state index contributed by atoms with van der Waals surface area (Å²) in [5.41, 5.74) is 10.1. The van der Waals surface area contributed by atoms with Crippen LogP contribution in [-0.4, -0.2) is 0 Å². The lowest BCUT2D eigenvalue weighted by Crippen LogP contribution is -1.90. The van der Waals surface area contributed by atoms with Crippen LogP contribution in [0.1, 0.15) is 16.7 Å². The molecule has 0 aliphatic carbocycles. The number of rotatable bonds is 6. The van der Waals surface area contributed by atoms with Gasteiger partial charge in [0.2, 0.25) is 0 Å². The maximum absolute atomic E-state index is 5.89. The van der Waals surface area contributed by atoms with E-state index in [1.165, 1.54) is 16.7 Å². The lowest BCUT2D eigenvalue weighted by molar-refractivity contribution is 0.482. The van der Waals surface area contributed by atoms with Gasteiger partial charge < -0.3 is 15.2 Å². The Labute approximate surface area is 171 Å². The van der Waals surface area contributed by atoms with Crippen LogP contribution in [0.15, 0.2) is 97.1 Å². The first-order valence-corrected chi connectivity index (χ1v) is 9.60. The van der Waals surface area contributed by atoms with Crippen molar-refractivity contribution in [3.8, 4) is 23.0 Å². The van der Waals surface area contributed by atoms with E-state index in [0.29, 0.717) is 0 Å². The number of hydrogen-bond acceptors (Lipinski definition) is 3. The number of nitrogens with two attached hydrogens (primary N) is 1. The van der Waals surface area contributed by atoms with Crippen molar-refractivity contribution in [2.24, 2.45) is 0 Å². The van der Waals surface area contributed by atoms with Crippen molar-refractivity contribution in [2.75, 3.05) is 5.73 Å². The lowest BCUT2D eigenvalue weighted by atomic mass is 10.0. The average Bonchev–Trinajstić information content (AvgIpc) is 2.74. The Balaban J connectivity index is 1.36. The van der Waals surface area contributed by atoms with Crippen LogP contribution in [0.2, 0.25) is 0 Å². The number of aryl methyl sites for hydroxylation is 1. The third-order valence-corrected chi connectivity index (χ3v) is 4.63. The van der Waals surface area contributed by atoms with Gasteiger partial charge in [-0.05, 0) is 85.1 Å². The highest BCUT2D eigenvalue weighted by molar-refractivity contribution is 5.43. The summed E-state index contributed by atoms with van der Waals surface area (Å²) in [6.07, 6.45) is 0.854. The van der Waals surface area contributed by atoms with E-state index < -0.39 is 0 Å². The zero-order chi connectivity index (χ0) is 20.1. The Bertz CT molecular complexity index is 963. The van der Waals surface area contributed by atoms with Crippen molar-refractivity contribution in [2.45, 2.75) is 13.3 Å².